The maximum absolute atomic E-state index is 12.6. The Labute approximate surface area is 106 Å². The zero-order valence-electron chi connectivity index (χ0n) is 10.5. The SMILES string of the molecule is CCn1nccc1C(=O)C1CCc2ccccc21. The summed E-state index contributed by atoms with van der Waals surface area (Å²) in [5.41, 5.74) is 3.25. The van der Waals surface area contributed by atoms with Gasteiger partial charge in [-0.15, -0.1) is 0 Å². The van der Waals surface area contributed by atoms with E-state index in [1.165, 1.54) is 11.1 Å². The molecule has 1 unspecified atom stereocenters. The fraction of sp³-hybridized carbons (Fsp3) is 0.333. The molecule has 1 aromatic carbocycles. The molecule has 0 amide bonds. The van der Waals surface area contributed by atoms with Crippen LogP contribution in [0.1, 0.15) is 40.9 Å². The number of hydrogen-bond acceptors (Lipinski definition) is 2. The minimum atomic E-state index is 0.0169. The molecule has 1 atom stereocenters. The van der Waals surface area contributed by atoms with E-state index in [1.807, 2.05) is 25.1 Å². The summed E-state index contributed by atoms with van der Waals surface area (Å²) in [6, 6.07) is 10.1. The molecule has 0 radical (unpaired) electrons. The second-order valence-electron chi connectivity index (χ2n) is 4.69. The fourth-order valence-corrected chi connectivity index (χ4v) is 2.80. The van der Waals surface area contributed by atoms with E-state index in [1.54, 1.807) is 10.9 Å². The first kappa shape index (κ1) is 11.2. The van der Waals surface area contributed by atoms with Gasteiger partial charge in [0.25, 0.3) is 0 Å². The Kier molecular flexibility index (Phi) is 2.74. The van der Waals surface area contributed by atoms with Crippen LogP contribution >= 0.6 is 0 Å². The predicted molar refractivity (Wildman–Crippen MR) is 69.7 cm³/mol. The van der Waals surface area contributed by atoms with Crippen LogP contribution in [0, 0.1) is 0 Å². The summed E-state index contributed by atoms with van der Waals surface area (Å²) in [5.74, 6) is 0.225. The highest BCUT2D eigenvalue weighted by Gasteiger charge is 2.30. The molecule has 0 saturated carbocycles. The highest BCUT2D eigenvalue weighted by molar-refractivity contribution is 6.00. The molecule has 1 aliphatic carbocycles. The first-order valence-electron chi connectivity index (χ1n) is 6.45. The lowest BCUT2D eigenvalue weighted by Crippen LogP contribution is -2.15. The predicted octanol–water partition coefficient (Wildman–Crippen LogP) is 2.82. The van der Waals surface area contributed by atoms with Gasteiger partial charge in [-0.2, -0.15) is 5.10 Å². The zero-order chi connectivity index (χ0) is 12.5. The van der Waals surface area contributed by atoms with E-state index in [4.69, 9.17) is 0 Å². The van der Waals surface area contributed by atoms with Gasteiger partial charge in [0.2, 0.25) is 0 Å². The van der Waals surface area contributed by atoms with E-state index in [9.17, 15) is 4.79 Å². The molecule has 92 valence electrons. The molecule has 0 bridgehead atoms. The highest BCUT2D eigenvalue weighted by atomic mass is 16.1. The van der Waals surface area contributed by atoms with Gasteiger partial charge in [-0.05, 0) is 37.0 Å². The van der Waals surface area contributed by atoms with Crippen molar-refractivity contribution in [2.75, 3.05) is 0 Å². The van der Waals surface area contributed by atoms with Crippen molar-refractivity contribution in [3.63, 3.8) is 0 Å². The summed E-state index contributed by atoms with van der Waals surface area (Å²) in [5, 5.41) is 4.18. The van der Waals surface area contributed by atoms with Crippen molar-refractivity contribution < 1.29 is 4.79 Å². The Morgan fingerprint density at radius 1 is 1.39 bits per heavy atom. The molecule has 1 aliphatic rings. The molecular formula is C15H16N2O. The third-order valence-corrected chi connectivity index (χ3v) is 3.72. The summed E-state index contributed by atoms with van der Waals surface area (Å²) in [4.78, 5) is 12.6. The van der Waals surface area contributed by atoms with Crippen molar-refractivity contribution in [3.8, 4) is 0 Å². The zero-order valence-corrected chi connectivity index (χ0v) is 10.5. The molecule has 0 spiro atoms. The Morgan fingerprint density at radius 2 is 2.22 bits per heavy atom. The number of carbonyl (C=O) groups excluding carboxylic acids is 1. The minimum absolute atomic E-state index is 0.0169. The number of carbonyl (C=O) groups is 1. The third-order valence-electron chi connectivity index (χ3n) is 3.72. The Balaban J connectivity index is 1.96. The van der Waals surface area contributed by atoms with Gasteiger partial charge in [0.05, 0.1) is 0 Å². The first-order valence-corrected chi connectivity index (χ1v) is 6.45. The van der Waals surface area contributed by atoms with Crippen molar-refractivity contribution >= 4 is 5.78 Å². The molecular weight excluding hydrogens is 224 g/mol. The summed E-state index contributed by atoms with van der Waals surface area (Å²) < 4.78 is 1.78. The number of benzene rings is 1. The van der Waals surface area contributed by atoms with Crippen LogP contribution in [0.25, 0.3) is 0 Å². The van der Waals surface area contributed by atoms with Gasteiger partial charge in [0.15, 0.2) is 5.78 Å². The van der Waals surface area contributed by atoms with E-state index < -0.39 is 0 Å². The molecule has 3 nitrogen and oxygen atoms in total. The minimum Gasteiger partial charge on any atom is -0.292 e. The van der Waals surface area contributed by atoms with Crippen molar-refractivity contribution in [1.29, 1.82) is 0 Å². The van der Waals surface area contributed by atoms with Gasteiger partial charge in [-0.1, -0.05) is 24.3 Å². The average molecular weight is 240 g/mol. The number of fused-ring (bicyclic) bond motifs is 1. The second-order valence-corrected chi connectivity index (χ2v) is 4.69. The first-order chi connectivity index (χ1) is 8.81. The molecule has 0 N–H and O–H groups in total. The summed E-state index contributed by atoms with van der Waals surface area (Å²) in [6.07, 6.45) is 3.64. The molecule has 0 fully saturated rings. The van der Waals surface area contributed by atoms with Crippen LogP contribution in [0.15, 0.2) is 36.5 Å². The van der Waals surface area contributed by atoms with E-state index in [0.717, 1.165) is 25.1 Å². The summed E-state index contributed by atoms with van der Waals surface area (Å²) in [7, 11) is 0. The molecule has 1 heterocycles. The standard InChI is InChI=1S/C15H16N2O/c1-2-17-14(9-10-16-17)15(18)13-8-7-11-5-3-4-6-12(11)13/h3-6,9-10,13H,2,7-8H2,1H3. The Bertz CT molecular complexity index is 586. The Morgan fingerprint density at radius 3 is 3.06 bits per heavy atom. The van der Waals surface area contributed by atoms with Crippen LogP contribution in [0.3, 0.4) is 0 Å². The number of nitrogens with zero attached hydrogens (tertiary/aromatic N) is 2. The lowest BCUT2D eigenvalue weighted by Gasteiger charge is -2.11. The van der Waals surface area contributed by atoms with Crippen molar-refractivity contribution in [2.24, 2.45) is 0 Å². The number of hydrogen-bond donors (Lipinski definition) is 0. The average Bonchev–Trinajstić information content (AvgIpc) is 3.04. The molecule has 0 saturated heterocycles. The number of rotatable bonds is 3. The molecule has 0 aliphatic heterocycles. The lowest BCUT2D eigenvalue weighted by molar-refractivity contribution is 0.0949. The molecule has 2 aromatic rings. The van der Waals surface area contributed by atoms with Gasteiger partial charge in [0.1, 0.15) is 5.69 Å². The van der Waals surface area contributed by atoms with E-state index >= 15 is 0 Å². The normalized spacial score (nSPS) is 17.7. The number of aryl methyl sites for hydroxylation is 2. The maximum atomic E-state index is 12.6. The van der Waals surface area contributed by atoms with Gasteiger partial charge >= 0.3 is 0 Å². The molecule has 18 heavy (non-hydrogen) atoms. The summed E-state index contributed by atoms with van der Waals surface area (Å²) >= 11 is 0. The van der Waals surface area contributed by atoms with E-state index in [2.05, 4.69) is 17.2 Å². The summed E-state index contributed by atoms with van der Waals surface area (Å²) in [6.45, 7) is 2.74. The topological polar surface area (TPSA) is 34.9 Å². The molecule has 3 rings (SSSR count). The van der Waals surface area contributed by atoms with Gasteiger partial charge in [-0.3, -0.25) is 9.48 Å². The van der Waals surface area contributed by atoms with Gasteiger partial charge in [-0.25, -0.2) is 0 Å². The lowest BCUT2D eigenvalue weighted by atomic mass is 9.95. The fourth-order valence-electron chi connectivity index (χ4n) is 2.80. The second kappa shape index (κ2) is 4.41. The highest BCUT2D eigenvalue weighted by Crippen LogP contribution is 2.35. The van der Waals surface area contributed by atoms with Gasteiger partial charge < -0.3 is 0 Å². The largest absolute Gasteiger partial charge is 0.292 e. The smallest absolute Gasteiger partial charge is 0.188 e. The van der Waals surface area contributed by atoms with Crippen LogP contribution in [-0.2, 0) is 13.0 Å². The van der Waals surface area contributed by atoms with Crippen LogP contribution in [0.4, 0.5) is 0 Å². The van der Waals surface area contributed by atoms with Crippen LogP contribution < -0.4 is 0 Å². The van der Waals surface area contributed by atoms with Crippen molar-refractivity contribution in [3.05, 3.63) is 53.3 Å². The quantitative estimate of drug-likeness (QED) is 0.773. The van der Waals surface area contributed by atoms with Crippen LogP contribution in [-0.4, -0.2) is 15.6 Å². The van der Waals surface area contributed by atoms with E-state index in [0.29, 0.717) is 0 Å². The number of ketones is 1. The third kappa shape index (κ3) is 1.67. The molecule has 3 heteroatoms. The Hall–Kier alpha value is -1.90. The van der Waals surface area contributed by atoms with Crippen LogP contribution in [0.2, 0.25) is 0 Å². The monoisotopic (exact) mass is 240 g/mol. The van der Waals surface area contributed by atoms with Gasteiger partial charge in [0, 0.05) is 18.7 Å². The number of aromatic nitrogens is 2. The van der Waals surface area contributed by atoms with E-state index in [-0.39, 0.29) is 11.7 Å². The number of Topliss-reactive ketones (excluding diaryl/α,β-unsaturated/α-hetero) is 1. The van der Waals surface area contributed by atoms with Crippen molar-refractivity contribution in [1.82, 2.24) is 9.78 Å². The molecule has 1 aromatic heterocycles. The van der Waals surface area contributed by atoms with Crippen LogP contribution in [0.5, 0.6) is 0 Å². The maximum Gasteiger partial charge on any atom is 0.188 e. The van der Waals surface area contributed by atoms with Crippen molar-refractivity contribution in [2.45, 2.75) is 32.2 Å².